The standard InChI is InChI=1S/C20H14ClN3O3/c1-12-11-18(23-27-12)24-10-9-13-14(20(24)26)6-4-8-17(13)22-19(25)15-5-2-3-7-16(15)21/h2-11H,1H3,(H,22,25). The van der Waals surface area contributed by atoms with Crippen molar-refractivity contribution in [1.29, 1.82) is 0 Å². The Labute approximate surface area is 159 Å². The first-order chi connectivity index (χ1) is 13.0. The van der Waals surface area contributed by atoms with E-state index in [0.717, 1.165) is 0 Å². The van der Waals surface area contributed by atoms with Crippen molar-refractivity contribution >= 4 is 34.0 Å². The van der Waals surface area contributed by atoms with Crippen LogP contribution in [0.5, 0.6) is 0 Å². The number of fused-ring (bicyclic) bond motifs is 1. The van der Waals surface area contributed by atoms with Gasteiger partial charge in [-0.25, -0.2) is 0 Å². The fraction of sp³-hybridized carbons (Fsp3) is 0.0500. The molecule has 27 heavy (non-hydrogen) atoms. The molecule has 0 fully saturated rings. The van der Waals surface area contributed by atoms with Gasteiger partial charge in [0.2, 0.25) is 0 Å². The van der Waals surface area contributed by atoms with E-state index in [1.54, 1.807) is 67.7 Å². The Hall–Kier alpha value is -3.38. The maximum Gasteiger partial charge on any atom is 0.264 e. The summed E-state index contributed by atoms with van der Waals surface area (Å²) in [6, 6.07) is 15.4. The number of hydrogen-bond acceptors (Lipinski definition) is 4. The van der Waals surface area contributed by atoms with E-state index >= 15 is 0 Å². The van der Waals surface area contributed by atoms with Gasteiger partial charge in [-0.3, -0.25) is 14.2 Å². The number of halogens is 1. The molecule has 0 aliphatic rings. The van der Waals surface area contributed by atoms with Crippen molar-refractivity contribution in [2.75, 3.05) is 5.32 Å². The number of nitrogens with one attached hydrogen (secondary N) is 1. The minimum Gasteiger partial charge on any atom is -0.360 e. The predicted octanol–water partition coefficient (Wildman–Crippen LogP) is 4.19. The Morgan fingerprint density at radius 3 is 2.67 bits per heavy atom. The molecule has 2 aromatic carbocycles. The number of amides is 1. The van der Waals surface area contributed by atoms with Crippen molar-refractivity contribution in [3.8, 4) is 5.82 Å². The third-order valence-electron chi connectivity index (χ3n) is 4.17. The minimum absolute atomic E-state index is 0.255. The molecule has 0 saturated heterocycles. The van der Waals surface area contributed by atoms with E-state index < -0.39 is 0 Å². The van der Waals surface area contributed by atoms with Gasteiger partial charge in [-0.15, -0.1) is 0 Å². The van der Waals surface area contributed by atoms with Gasteiger partial charge in [0, 0.05) is 28.7 Å². The molecule has 0 radical (unpaired) electrons. The van der Waals surface area contributed by atoms with Crippen LogP contribution in [0.3, 0.4) is 0 Å². The van der Waals surface area contributed by atoms with Crippen LogP contribution in [0.4, 0.5) is 5.69 Å². The van der Waals surface area contributed by atoms with E-state index in [9.17, 15) is 9.59 Å². The Kier molecular flexibility index (Phi) is 4.25. The fourth-order valence-electron chi connectivity index (χ4n) is 2.87. The smallest absolute Gasteiger partial charge is 0.264 e. The van der Waals surface area contributed by atoms with Gasteiger partial charge in [0.25, 0.3) is 11.5 Å². The number of rotatable bonds is 3. The topological polar surface area (TPSA) is 77.1 Å². The lowest BCUT2D eigenvalue weighted by Crippen LogP contribution is -2.19. The van der Waals surface area contributed by atoms with Gasteiger partial charge >= 0.3 is 0 Å². The molecule has 1 N–H and O–H groups in total. The normalized spacial score (nSPS) is 10.9. The van der Waals surface area contributed by atoms with Crippen LogP contribution in [0.2, 0.25) is 5.02 Å². The largest absolute Gasteiger partial charge is 0.360 e. The average molecular weight is 380 g/mol. The summed E-state index contributed by atoms with van der Waals surface area (Å²) >= 11 is 6.09. The highest BCUT2D eigenvalue weighted by Gasteiger charge is 2.14. The maximum absolute atomic E-state index is 12.8. The molecule has 0 atom stereocenters. The number of aryl methyl sites for hydroxylation is 1. The summed E-state index contributed by atoms with van der Waals surface area (Å²) in [5, 5.41) is 8.14. The lowest BCUT2D eigenvalue weighted by atomic mass is 10.1. The van der Waals surface area contributed by atoms with Gasteiger partial charge in [-0.2, -0.15) is 0 Å². The molecule has 0 aliphatic carbocycles. The molecule has 7 heteroatoms. The van der Waals surface area contributed by atoms with E-state index in [1.165, 1.54) is 4.57 Å². The highest BCUT2D eigenvalue weighted by Crippen LogP contribution is 2.23. The van der Waals surface area contributed by atoms with E-state index in [-0.39, 0.29) is 11.5 Å². The van der Waals surface area contributed by atoms with Crippen molar-refractivity contribution in [3.05, 3.63) is 87.5 Å². The Bertz CT molecular complexity index is 1230. The molecule has 1 amide bonds. The third kappa shape index (κ3) is 3.11. The summed E-state index contributed by atoms with van der Waals surface area (Å²) < 4.78 is 6.44. The zero-order chi connectivity index (χ0) is 19.0. The lowest BCUT2D eigenvalue weighted by molar-refractivity contribution is 0.102. The molecule has 0 spiro atoms. The predicted molar refractivity (Wildman–Crippen MR) is 104 cm³/mol. The second kappa shape index (κ2) is 6.74. The molecule has 0 saturated carbocycles. The molecule has 4 rings (SSSR count). The highest BCUT2D eigenvalue weighted by molar-refractivity contribution is 6.34. The molecule has 2 aromatic heterocycles. The Morgan fingerprint density at radius 2 is 1.93 bits per heavy atom. The lowest BCUT2D eigenvalue weighted by Gasteiger charge is -2.10. The number of pyridine rings is 1. The monoisotopic (exact) mass is 379 g/mol. The Morgan fingerprint density at radius 1 is 1.11 bits per heavy atom. The number of nitrogens with zero attached hydrogens (tertiary/aromatic N) is 2. The molecule has 0 unspecified atom stereocenters. The van der Waals surface area contributed by atoms with Crippen LogP contribution in [-0.4, -0.2) is 15.6 Å². The fourth-order valence-corrected chi connectivity index (χ4v) is 3.09. The highest BCUT2D eigenvalue weighted by atomic mass is 35.5. The summed E-state index contributed by atoms with van der Waals surface area (Å²) in [5.74, 6) is 0.673. The van der Waals surface area contributed by atoms with Gasteiger partial charge in [-0.1, -0.05) is 35.0 Å². The van der Waals surface area contributed by atoms with Crippen molar-refractivity contribution in [2.24, 2.45) is 0 Å². The van der Waals surface area contributed by atoms with Gasteiger partial charge in [0.15, 0.2) is 5.82 Å². The second-order valence-electron chi connectivity index (χ2n) is 5.99. The first-order valence-corrected chi connectivity index (χ1v) is 8.56. The molecule has 0 bridgehead atoms. The number of benzene rings is 2. The van der Waals surface area contributed by atoms with Gasteiger partial charge in [0.05, 0.1) is 10.6 Å². The van der Waals surface area contributed by atoms with Gasteiger partial charge in [-0.05, 0) is 37.3 Å². The van der Waals surface area contributed by atoms with Crippen molar-refractivity contribution in [3.63, 3.8) is 0 Å². The first kappa shape index (κ1) is 17.1. The van der Waals surface area contributed by atoms with E-state index in [4.69, 9.17) is 16.1 Å². The van der Waals surface area contributed by atoms with Crippen molar-refractivity contribution < 1.29 is 9.32 Å². The van der Waals surface area contributed by atoms with Crippen LogP contribution >= 0.6 is 11.6 Å². The number of anilines is 1. The molecule has 4 aromatic rings. The zero-order valence-electron chi connectivity index (χ0n) is 14.3. The van der Waals surface area contributed by atoms with Crippen LogP contribution in [0.25, 0.3) is 16.6 Å². The third-order valence-corrected chi connectivity index (χ3v) is 4.50. The zero-order valence-corrected chi connectivity index (χ0v) is 15.0. The number of carbonyl (C=O) groups excluding carboxylic acids is 1. The summed E-state index contributed by atoms with van der Waals surface area (Å²) in [7, 11) is 0. The molecular formula is C20H14ClN3O3. The van der Waals surface area contributed by atoms with Crippen LogP contribution in [0, 0.1) is 6.92 Å². The summed E-state index contributed by atoms with van der Waals surface area (Å²) in [6.45, 7) is 1.75. The molecule has 2 heterocycles. The van der Waals surface area contributed by atoms with Crippen LogP contribution in [0.15, 0.2) is 70.1 Å². The van der Waals surface area contributed by atoms with E-state index in [1.807, 2.05) is 0 Å². The average Bonchev–Trinajstić information content (AvgIpc) is 3.09. The quantitative estimate of drug-likeness (QED) is 0.579. The molecule has 134 valence electrons. The summed E-state index contributed by atoms with van der Waals surface area (Å²) in [6.07, 6.45) is 1.60. The van der Waals surface area contributed by atoms with E-state index in [0.29, 0.717) is 38.6 Å². The minimum atomic E-state index is -0.343. The molecule has 0 aliphatic heterocycles. The van der Waals surface area contributed by atoms with Gasteiger partial charge < -0.3 is 9.84 Å². The van der Waals surface area contributed by atoms with Gasteiger partial charge in [0.1, 0.15) is 5.76 Å². The first-order valence-electron chi connectivity index (χ1n) is 8.18. The van der Waals surface area contributed by atoms with Crippen molar-refractivity contribution in [1.82, 2.24) is 9.72 Å². The molecule has 6 nitrogen and oxygen atoms in total. The Balaban J connectivity index is 1.77. The maximum atomic E-state index is 12.8. The number of hydrogen-bond donors (Lipinski definition) is 1. The number of carbonyl (C=O) groups is 1. The SMILES string of the molecule is Cc1cc(-n2ccc3c(NC(=O)c4ccccc4Cl)cccc3c2=O)no1. The number of aromatic nitrogens is 2. The van der Waals surface area contributed by atoms with Crippen LogP contribution in [0.1, 0.15) is 16.1 Å². The second-order valence-corrected chi connectivity index (χ2v) is 6.39. The summed E-state index contributed by atoms with van der Waals surface area (Å²) in [5.41, 5.74) is 0.634. The van der Waals surface area contributed by atoms with Crippen LogP contribution < -0.4 is 10.9 Å². The van der Waals surface area contributed by atoms with E-state index in [2.05, 4.69) is 10.5 Å². The summed E-state index contributed by atoms with van der Waals surface area (Å²) in [4.78, 5) is 25.4. The van der Waals surface area contributed by atoms with Crippen molar-refractivity contribution in [2.45, 2.75) is 6.92 Å². The van der Waals surface area contributed by atoms with Crippen LogP contribution in [-0.2, 0) is 0 Å². The molecular weight excluding hydrogens is 366 g/mol.